The van der Waals surface area contributed by atoms with Gasteiger partial charge in [0.15, 0.2) is 5.82 Å². The number of para-hydroxylation sites is 1. The maximum Gasteiger partial charge on any atom is 0.433 e. The van der Waals surface area contributed by atoms with Crippen molar-refractivity contribution in [3.63, 3.8) is 0 Å². The second-order valence-corrected chi connectivity index (χ2v) is 8.11. The van der Waals surface area contributed by atoms with Crippen LogP contribution in [0.15, 0.2) is 53.6 Å². The smallest absolute Gasteiger partial charge is 0.371 e. The highest BCUT2D eigenvalue weighted by atomic mass is 35.5. The molecule has 0 spiro atoms. The topological polar surface area (TPSA) is 52.8 Å². The number of ether oxygens (including phenoxy) is 1. The van der Waals surface area contributed by atoms with E-state index < -0.39 is 34.3 Å². The molecule has 1 aromatic carbocycles. The van der Waals surface area contributed by atoms with Gasteiger partial charge < -0.3 is 4.74 Å². The van der Waals surface area contributed by atoms with Gasteiger partial charge in [0, 0.05) is 30.1 Å². The van der Waals surface area contributed by atoms with Gasteiger partial charge in [-0.3, -0.25) is 4.68 Å². The minimum atomic E-state index is -4.74. The Morgan fingerprint density at radius 1 is 1.18 bits per heavy atom. The Labute approximate surface area is 190 Å². The van der Waals surface area contributed by atoms with Gasteiger partial charge >= 0.3 is 6.18 Å². The summed E-state index contributed by atoms with van der Waals surface area (Å²) in [5.74, 6) is -1.82. The largest absolute Gasteiger partial charge is 0.433 e. The molecule has 0 N–H and O–H groups in total. The summed E-state index contributed by atoms with van der Waals surface area (Å²) in [5.41, 5.74) is -2.09. The fourth-order valence-electron chi connectivity index (χ4n) is 3.77. The highest BCUT2D eigenvalue weighted by molar-refractivity contribution is 6.29. The lowest BCUT2D eigenvalue weighted by Crippen LogP contribution is -2.30. The summed E-state index contributed by atoms with van der Waals surface area (Å²) in [6.45, 7) is 3.31. The van der Waals surface area contributed by atoms with Gasteiger partial charge in [-0.1, -0.05) is 29.8 Å². The number of allylic oxidation sites excluding steroid dienone is 2. The molecule has 1 unspecified atom stereocenters. The Kier molecular flexibility index (Phi) is 6.00. The standard InChI is InChI=1S/C22H18ClF5N4O/c1-3-33-21(2)9-14(24)13(15(25)10-21)11-32-16-7-5-4-6-12(16)19(31-32)20-29-17(22(26,27)28)8-18(23)30-20/h4-9H,3,10-11H2,1-2H3. The average Bonchev–Trinajstić information content (AvgIpc) is 3.08. The molecule has 5 nitrogen and oxygen atoms in total. The molecule has 1 aliphatic rings. The Morgan fingerprint density at radius 2 is 1.91 bits per heavy atom. The molecule has 2 heterocycles. The summed E-state index contributed by atoms with van der Waals surface area (Å²) < 4.78 is 76.1. The zero-order valence-electron chi connectivity index (χ0n) is 17.6. The molecule has 0 bridgehead atoms. The third-order valence-electron chi connectivity index (χ3n) is 5.19. The molecule has 11 heteroatoms. The van der Waals surface area contributed by atoms with Crippen LogP contribution in [0, 0.1) is 0 Å². The van der Waals surface area contributed by atoms with Gasteiger partial charge in [-0.2, -0.15) is 18.3 Å². The van der Waals surface area contributed by atoms with E-state index in [1.54, 1.807) is 38.1 Å². The van der Waals surface area contributed by atoms with E-state index in [0.29, 0.717) is 17.0 Å². The molecule has 0 fully saturated rings. The zero-order chi connectivity index (χ0) is 24.0. The maximum atomic E-state index is 14.9. The van der Waals surface area contributed by atoms with E-state index in [-0.39, 0.29) is 36.7 Å². The van der Waals surface area contributed by atoms with Gasteiger partial charge in [-0.05, 0) is 26.0 Å². The van der Waals surface area contributed by atoms with E-state index in [4.69, 9.17) is 16.3 Å². The van der Waals surface area contributed by atoms with Gasteiger partial charge in [0.2, 0.25) is 0 Å². The number of hydrogen-bond donors (Lipinski definition) is 0. The first-order valence-corrected chi connectivity index (χ1v) is 10.4. The van der Waals surface area contributed by atoms with Crippen molar-refractivity contribution in [1.29, 1.82) is 0 Å². The molecule has 0 aliphatic heterocycles. The van der Waals surface area contributed by atoms with Crippen LogP contribution >= 0.6 is 11.6 Å². The number of halogens is 6. The fourth-order valence-corrected chi connectivity index (χ4v) is 3.95. The average molecular weight is 485 g/mol. The molecule has 0 amide bonds. The highest BCUT2D eigenvalue weighted by Crippen LogP contribution is 2.37. The van der Waals surface area contributed by atoms with Crippen LogP contribution in [-0.2, 0) is 17.5 Å². The molecule has 3 aromatic rings. The Morgan fingerprint density at radius 3 is 2.58 bits per heavy atom. The van der Waals surface area contributed by atoms with E-state index in [2.05, 4.69) is 15.1 Å². The predicted octanol–water partition coefficient (Wildman–Crippen LogP) is 6.44. The lowest BCUT2D eigenvalue weighted by atomic mass is 9.91. The second-order valence-electron chi connectivity index (χ2n) is 7.72. The van der Waals surface area contributed by atoms with E-state index in [1.807, 2.05) is 0 Å². The molecular formula is C22H18ClF5N4O. The third-order valence-corrected chi connectivity index (χ3v) is 5.38. The first-order chi connectivity index (χ1) is 15.5. The minimum absolute atomic E-state index is 0.0129. The SMILES string of the molecule is CCOC1(C)C=C(F)C(Cn2nc(-c3nc(Cl)cc(C(F)(F)F)n3)c3ccccc32)=C(F)C1. The number of benzene rings is 1. The molecule has 0 saturated heterocycles. The summed E-state index contributed by atoms with van der Waals surface area (Å²) in [7, 11) is 0. The fraction of sp³-hybridized carbons (Fsp3) is 0.318. The number of nitrogens with zero attached hydrogens (tertiary/aromatic N) is 4. The quantitative estimate of drug-likeness (QED) is 0.309. The Hall–Kier alpha value is -2.85. The Balaban J connectivity index is 1.79. The van der Waals surface area contributed by atoms with Crippen molar-refractivity contribution >= 4 is 22.5 Å². The molecule has 1 atom stereocenters. The van der Waals surface area contributed by atoms with Gasteiger partial charge in [0.05, 0.1) is 17.7 Å². The maximum absolute atomic E-state index is 14.9. The molecular weight excluding hydrogens is 467 g/mol. The van der Waals surface area contributed by atoms with Gasteiger partial charge in [0.25, 0.3) is 0 Å². The summed E-state index contributed by atoms with van der Waals surface area (Å²) in [6.07, 6.45) is -3.67. The van der Waals surface area contributed by atoms with Crippen molar-refractivity contribution < 1.29 is 26.7 Å². The molecule has 1 aliphatic carbocycles. The molecule has 174 valence electrons. The monoisotopic (exact) mass is 484 g/mol. The van der Waals surface area contributed by atoms with E-state index in [9.17, 15) is 22.0 Å². The molecule has 0 saturated carbocycles. The van der Waals surface area contributed by atoms with Crippen LogP contribution in [0.3, 0.4) is 0 Å². The van der Waals surface area contributed by atoms with Crippen LogP contribution in [0.5, 0.6) is 0 Å². The molecule has 4 rings (SSSR count). The first-order valence-electron chi connectivity index (χ1n) is 9.98. The number of rotatable bonds is 5. The molecule has 0 radical (unpaired) electrons. The number of alkyl halides is 3. The highest BCUT2D eigenvalue weighted by Gasteiger charge is 2.35. The summed E-state index contributed by atoms with van der Waals surface area (Å²) in [5, 5.41) is 4.30. The van der Waals surface area contributed by atoms with Gasteiger partial charge in [-0.15, -0.1) is 0 Å². The normalized spacial score (nSPS) is 19.3. The van der Waals surface area contributed by atoms with Crippen molar-refractivity contribution in [3.8, 4) is 11.5 Å². The van der Waals surface area contributed by atoms with E-state index in [1.165, 1.54) is 10.8 Å². The van der Waals surface area contributed by atoms with Crippen LogP contribution in [-0.4, -0.2) is 32.0 Å². The van der Waals surface area contributed by atoms with E-state index in [0.717, 1.165) is 0 Å². The number of fused-ring (bicyclic) bond motifs is 1. The lowest BCUT2D eigenvalue weighted by Gasteiger charge is -2.29. The van der Waals surface area contributed by atoms with Gasteiger partial charge in [-0.25, -0.2) is 18.7 Å². The zero-order valence-corrected chi connectivity index (χ0v) is 18.3. The Bertz CT molecular complexity index is 1280. The minimum Gasteiger partial charge on any atom is -0.371 e. The summed E-state index contributed by atoms with van der Waals surface area (Å²) >= 11 is 5.80. The van der Waals surface area contributed by atoms with E-state index >= 15 is 0 Å². The van der Waals surface area contributed by atoms with Crippen molar-refractivity contribution in [3.05, 3.63) is 64.5 Å². The van der Waals surface area contributed by atoms with Crippen LogP contribution in [0.4, 0.5) is 22.0 Å². The number of hydrogen-bond acceptors (Lipinski definition) is 4. The lowest BCUT2D eigenvalue weighted by molar-refractivity contribution is -0.141. The van der Waals surface area contributed by atoms with Crippen LogP contribution < -0.4 is 0 Å². The van der Waals surface area contributed by atoms with Crippen LogP contribution in [0.1, 0.15) is 26.0 Å². The van der Waals surface area contributed by atoms with Crippen molar-refractivity contribution in [2.24, 2.45) is 0 Å². The predicted molar refractivity (Wildman–Crippen MR) is 113 cm³/mol. The van der Waals surface area contributed by atoms with Crippen molar-refractivity contribution in [2.45, 2.75) is 38.6 Å². The van der Waals surface area contributed by atoms with Crippen molar-refractivity contribution in [1.82, 2.24) is 19.7 Å². The molecule has 2 aromatic heterocycles. The van der Waals surface area contributed by atoms with Crippen LogP contribution in [0.25, 0.3) is 22.4 Å². The first kappa shape index (κ1) is 23.3. The van der Waals surface area contributed by atoms with Gasteiger partial charge in [0.1, 0.15) is 28.2 Å². The third kappa shape index (κ3) is 4.63. The second kappa shape index (κ2) is 8.49. The molecule has 33 heavy (non-hydrogen) atoms. The number of aromatic nitrogens is 4. The van der Waals surface area contributed by atoms with Crippen LogP contribution in [0.2, 0.25) is 5.15 Å². The summed E-state index contributed by atoms with van der Waals surface area (Å²) in [4.78, 5) is 7.46. The van der Waals surface area contributed by atoms with Crippen molar-refractivity contribution in [2.75, 3.05) is 6.61 Å². The summed E-state index contributed by atoms with van der Waals surface area (Å²) in [6, 6.07) is 7.18.